The quantitative estimate of drug-likeness (QED) is 0.0729. The highest BCUT2D eigenvalue weighted by Crippen LogP contribution is 2.58. The van der Waals surface area contributed by atoms with Gasteiger partial charge in [-0.1, -0.05) is 120 Å². The summed E-state index contributed by atoms with van der Waals surface area (Å²) in [5.74, 6) is 3.60. The second kappa shape index (κ2) is 16.1. The third-order valence-electron chi connectivity index (χ3n) is 5.55. The van der Waals surface area contributed by atoms with Crippen LogP contribution in [0.15, 0.2) is 34.3 Å². The maximum Gasteiger partial charge on any atom is 0.123 e. The summed E-state index contributed by atoms with van der Waals surface area (Å²) >= 11 is 30.9. The molecule has 0 amide bonds. The molecule has 188 valence electrons. The molecule has 0 saturated heterocycles. The van der Waals surface area contributed by atoms with Crippen LogP contribution in [0, 0.1) is 0 Å². The lowest BCUT2D eigenvalue weighted by molar-refractivity contribution is 0.837. The van der Waals surface area contributed by atoms with Gasteiger partial charge in [-0.3, -0.25) is 0 Å². The van der Waals surface area contributed by atoms with Crippen LogP contribution in [0.5, 0.6) is 0 Å². The van der Waals surface area contributed by atoms with Gasteiger partial charge in [-0.2, -0.15) is 11.8 Å². The fraction of sp³-hybridized carbons (Fsp3) is 0.615. The number of allylic oxidation sites excluding steroid dienone is 5. The number of thiocarbonyl (C=S) groups is 4. The summed E-state index contributed by atoms with van der Waals surface area (Å²) in [6.07, 6.45) is 15.2. The van der Waals surface area contributed by atoms with E-state index < -0.39 is 0 Å². The third kappa shape index (κ3) is 7.99. The zero-order valence-electron chi connectivity index (χ0n) is 20.6. The van der Waals surface area contributed by atoms with Crippen molar-refractivity contribution in [3.8, 4) is 0 Å². The molecule has 0 bridgehead atoms. The Balaban J connectivity index is 2.46. The Morgan fingerprint density at radius 3 is 1.79 bits per heavy atom. The first-order valence-electron chi connectivity index (χ1n) is 12.3. The summed E-state index contributed by atoms with van der Waals surface area (Å²) in [4.78, 5) is 3.72. The Hall–Kier alpha value is 0.980. The van der Waals surface area contributed by atoms with Gasteiger partial charge in [0.1, 0.15) is 3.41 Å². The molecule has 2 aliphatic rings. The number of hydrogen-bond donors (Lipinski definition) is 0. The van der Waals surface area contributed by atoms with E-state index >= 15 is 0 Å². The molecule has 0 aromatic carbocycles. The van der Waals surface area contributed by atoms with Gasteiger partial charge in [0, 0.05) is 15.7 Å². The lowest BCUT2D eigenvalue weighted by Gasteiger charge is -2.39. The predicted molar refractivity (Wildman–Crippen MR) is 181 cm³/mol. The molecule has 0 N–H and O–H groups in total. The first-order chi connectivity index (χ1) is 16.4. The Bertz CT molecular complexity index is 826. The average molecular weight is 605 g/mol. The largest absolute Gasteiger partial charge is 0.155 e. The van der Waals surface area contributed by atoms with E-state index in [2.05, 4.69) is 81.2 Å². The van der Waals surface area contributed by atoms with Crippen LogP contribution >= 0.6 is 95.9 Å². The van der Waals surface area contributed by atoms with E-state index in [1.54, 1.807) is 0 Å². The Morgan fingerprint density at radius 2 is 1.29 bits per heavy atom. The van der Waals surface area contributed by atoms with Crippen LogP contribution < -0.4 is 0 Å². The molecule has 2 aliphatic carbocycles. The van der Waals surface area contributed by atoms with Gasteiger partial charge >= 0.3 is 0 Å². The van der Waals surface area contributed by atoms with Crippen molar-refractivity contribution < 1.29 is 0 Å². The highest BCUT2D eigenvalue weighted by atomic mass is 32.3. The van der Waals surface area contributed by atoms with E-state index in [-0.39, 0.29) is 3.41 Å². The van der Waals surface area contributed by atoms with E-state index in [1.165, 1.54) is 60.7 Å². The highest BCUT2D eigenvalue weighted by molar-refractivity contribution is 8.35. The van der Waals surface area contributed by atoms with Gasteiger partial charge in [0.25, 0.3) is 0 Å². The van der Waals surface area contributed by atoms with E-state index in [0.717, 1.165) is 17.6 Å². The topological polar surface area (TPSA) is 0 Å². The van der Waals surface area contributed by atoms with Crippen LogP contribution in [-0.2, 0) is 0 Å². The lowest BCUT2D eigenvalue weighted by atomic mass is 10.1. The minimum Gasteiger partial charge on any atom is -0.155 e. The maximum absolute atomic E-state index is 5.71. The monoisotopic (exact) mass is 604 g/mol. The molecule has 8 heteroatoms. The van der Waals surface area contributed by atoms with Crippen LogP contribution in [0.1, 0.15) is 72.6 Å². The van der Waals surface area contributed by atoms with Crippen LogP contribution in [0.3, 0.4) is 0 Å². The number of thioether (sulfide) groups is 4. The van der Waals surface area contributed by atoms with Crippen molar-refractivity contribution in [3.05, 3.63) is 34.3 Å². The Labute approximate surface area is 246 Å². The van der Waals surface area contributed by atoms with Crippen LogP contribution in [0.2, 0.25) is 0 Å². The molecule has 0 aromatic heterocycles. The minimum absolute atomic E-state index is 0.0457. The molecule has 34 heavy (non-hydrogen) atoms. The van der Waals surface area contributed by atoms with Crippen LogP contribution in [0.4, 0.5) is 0 Å². The molecule has 1 unspecified atom stereocenters. The van der Waals surface area contributed by atoms with Crippen molar-refractivity contribution in [3.63, 3.8) is 0 Å². The fourth-order valence-electron chi connectivity index (χ4n) is 3.54. The van der Waals surface area contributed by atoms with E-state index in [1.807, 2.05) is 11.8 Å². The lowest BCUT2D eigenvalue weighted by Crippen LogP contribution is -2.32. The summed E-state index contributed by atoms with van der Waals surface area (Å²) < 4.78 is 0.0457. The summed E-state index contributed by atoms with van der Waals surface area (Å²) in [7, 11) is 0. The summed E-state index contributed by atoms with van der Waals surface area (Å²) in [6.45, 7) is 9.21. The number of rotatable bonds is 16. The van der Waals surface area contributed by atoms with Gasteiger partial charge in [-0.15, -0.1) is 23.5 Å². The molecule has 0 nitrogen and oxygen atoms in total. The van der Waals surface area contributed by atoms with E-state index in [9.17, 15) is 0 Å². The molecule has 0 spiro atoms. The normalized spacial score (nSPS) is 17.4. The first-order valence-corrected chi connectivity index (χ1v) is 17.7. The van der Waals surface area contributed by atoms with Gasteiger partial charge in [0.2, 0.25) is 0 Å². The van der Waals surface area contributed by atoms with Crippen LogP contribution in [0.25, 0.3) is 0 Å². The zero-order chi connectivity index (χ0) is 25.1. The standard InChI is InChI=1S/C26H36S8/c1-5-9-15-31-20(8-4)26(32-16-10-6-2,33-17-11-7-3)34-19-14-12-13-18(19)21-22(27)24(29)25(30)23(21)28/h12-14,20H,5-11,15-17H2,1-4H3. The molecule has 0 heterocycles. The van der Waals surface area contributed by atoms with Crippen molar-refractivity contribution in [2.45, 2.75) is 81.3 Å². The van der Waals surface area contributed by atoms with E-state index in [4.69, 9.17) is 48.9 Å². The molecule has 0 radical (unpaired) electrons. The fourth-order valence-corrected chi connectivity index (χ4v) is 12.6. The average Bonchev–Trinajstić information content (AvgIpc) is 3.34. The van der Waals surface area contributed by atoms with Gasteiger partial charge < -0.3 is 0 Å². The number of unbranched alkanes of at least 4 members (excludes halogenated alkanes) is 3. The molecule has 1 saturated carbocycles. The molecule has 1 atom stereocenters. The van der Waals surface area contributed by atoms with Gasteiger partial charge in [-0.05, 0) is 54.6 Å². The van der Waals surface area contributed by atoms with E-state index in [0.29, 0.717) is 24.7 Å². The van der Waals surface area contributed by atoms with Crippen molar-refractivity contribution in [2.75, 3.05) is 17.3 Å². The zero-order valence-corrected chi connectivity index (χ0v) is 27.2. The second-order valence-electron chi connectivity index (χ2n) is 8.23. The summed E-state index contributed by atoms with van der Waals surface area (Å²) in [6, 6.07) is 0. The van der Waals surface area contributed by atoms with Gasteiger partial charge in [0.05, 0.1) is 19.5 Å². The molecule has 0 aromatic rings. The highest BCUT2D eigenvalue weighted by Gasteiger charge is 2.42. The van der Waals surface area contributed by atoms with Gasteiger partial charge in [-0.25, -0.2) is 0 Å². The molecular weight excluding hydrogens is 569 g/mol. The van der Waals surface area contributed by atoms with Crippen molar-refractivity contribution in [1.82, 2.24) is 0 Å². The molecular formula is C26H36S8. The van der Waals surface area contributed by atoms with Crippen LogP contribution in [-0.4, -0.2) is 45.4 Å². The Morgan fingerprint density at radius 1 is 0.765 bits per heavy atom. The molecule has 1 fully saturated rings. The minimum atomic E-state index is 0.0457. The van der Waals surface area contributed by atoms with Crippen molar-refractivity contribution in [1.29, 1.82) is 0 Å². The maximum atomic E-state index is 5.71. The second-order valence-corrected chi connectivity index (χ2v) is 15.9. The Kier molecular flexibility index (Phi) is 14.7. The van der Waals surface area contributed by atoms with Crippen molar-refractivity contribution in [2.24, 2.45) is 0 Å². The predicted octanol–water partition coefficient (Wildman–Crippen LogP) is 10.00. The summed E-state index contributed by atoms with van der Waals surface area (Å²) in [5, 5.41) is 0.560. The van der Waals surface area contributed by atoms with Gasteiger partial charge in [0.15, 0.2) is 0 Å². The smallest absolute Gasteiger partial charge is 0.123 e. The first kappa shape index (κ1) is 31.2. The summed E-state index contributed by atoms with van der Waals surface area (Å²) in [5.41, 5.74) is 2.03. The SMILES string of the molecule is CCCCSC(CC)C(SCCCC)(SCCCC)SC1=CC=CC1=C1C(=S)C(=S)C(=S)C1=S. The van der Waals surface area contributed by atoms with Crippen molar-refractivity contribution >= 4 is 115 Å². The third-order valence-corrected chi connectivity index (χ3v) is 15.1. The molecule has 0 aliphatic heterocycles. The number of hydrogen-bond acceptors (Lipinski definition) is 8. The molecule has 2 rings (SSSR count).